The molecule has 1 atom stereocenters. The molecule has 2 aromatic rings. The summed E-state index contributed by atoms with van der Waals surface area (Å²) in [7, 11) is 5.34. The van der Waals surface area contributed by atoms with Gasteiger partial charge in [0.25, 0.3) is 11.7 Å². The minimum atomic E-state index is -0.733. The fraction of sp³-hybridized carbons (Fsp3) is 0.385. The number of ketones is 1. The van der Waals surface area contributed by atoms with Crippen LogP contribution in [0.15, 0.2) is 42.0 Å². The Hall–Kier alpha value is -2.54. The molecule has 0 spiro atoms. The number of aliphatic hydroxyl groups excluding tert-OH is 1. The van der Waals surface area contributed by atoms with E-state index in [4.69, 9.17) is 27.9 Å². The number of nitrogens with zero attached hydrogens (tertiary/aromatic N) is 2. The standard InChI is InChI=1S/C26H30Cl2N2O4/c1-15(2)16-7-9-17(10-8-16)22-21(24(32)26(33)30(22)12-6-11-29(3)4)23(31)18-13-19(27)25(34-5)20(28)14-18/h7-10,13-15,22,31H,6,11-12H2,1-5H3/b23-21+. The number of halogens is 2. The van der Waals surface area contributed by atoms with Crippen molar-refractivity contribution in [3.05, 3.63) is 68.7 Å². The molecule has 1 N–H and O–H groups in total. The fourth-order valence-electron chi connectivity index (χ4n) is 4.12. The van der Waals surface area contributed by atoms with Crippen LogP contribution in [-0.2, 0) is 9.59 Å². The molecule has 1 aliphatic rings. The van der Waals surface area contributed by atoms with Gasteiger partial charge in [-0.1, -0.05) is 61.3 Å². The number of carbonyl (C=O) groups is 2. The molecule has 0 bridgehead atoms. The zero-order valence-corrected chi connectivity index (χ0v) is 21.6. The Morgan fingerprint density at radius 1 is 1.12 bits per heavy atom. The van der Waals surface area contributed by atoms with Crippen molar-refractivity contribution in [2.45, 2.75) is 32.2 Å². The Kier molecular flexibility index (Phi) is 8.29. The molecule has 1 amide bonds. The highest BCUT2D eigenvalue weighted by Gasteiger charge is 2.45. The maximum Gasteiger partial charge on any atom is 0.295 e. The Bertz CT molecular complexity index is 1090. The van der Waals surface area contributed by atoms with Crippen molar-refractivity contribution in [3.63, 3.8) is 0 Å². The summed E-state index contributed by atoms with van der Waals surface area (Å²) in [5.41, 5.74) is 2.15. The van der Waals surface area contributed by atoms with Gasteiger partial charge in [0.05, 0.1) is 28.8 Å². The zero-order valence-electron chi connectivity index (χ0n) is 20.1. The van der Waals surface area contributed by atoms with Gasteiger partial charge in [-0.25, -0.2) is 0 Å². The molecule has 1 aliphatic heterocycles. The number of carbonyl (C=O) groups excluding carboxylic acids is 2. The number of Topliss-reactive ketones (excluding diaryl/α,β-unsaturated/α-hetero) is 1. The lowest BCUT2D eigenvalue weighted by Gasteiger charge is -2.26. The maximum absolute atomic E-state index is 13.2. The Labute approximate surface area is 210 Å². The van der Waals surface area contributed by atoms with Crippen molar-refractivity contribution in [3.8, 4) is 5.75 Å². The van der Waals surface area contributed by atoms with E-state index in [0.29, 0.717) is 18.9 Å². The SMILES string of the molecule is COc1c(Cl)cc(/C(O)=C2\C(=O)C(=O)N(CCCN(C)C)C2c2ccc(C(C)C)cc2)cc1Cl. The number of rotatable bonds is 8. The first-order valence-corrected chi connectivity index (χ1v) is 11.9. The van der Waals surface area contributed by atoms with Crippen LogP contribution >= 0.6 is 23.2 Å². The van der Waals surface area contributed by atoms with E-state index in [0.717, 1.165) is 17.7 Å². The Morgan fingerprint density at radius 3 is 2.21 bits per heavy atom. The molecule has 34 heavy (non-hydrogen) atoms. The van der Waals surface area contributed by atoms with Gasteiger partial charge in [-0.05, 0) is 56.2 Å². The van der Waals surface area contributed by atoms with Crippen molar-refractivity contribution in [1.29, 1.82) is 0 Å². The second-order valence-corrected chi connectivity index (χ2v) is 9.76. The van der Waals surface area contributed by atoms with Crippen LogP contribution in [0.4, 0.5) is 0 Å². The highest BCUT2D eigenvalue weighted by molar-refractivity contribution is 6.46. The molecule has 0 aliphatic carbocycles. The average Bonchev–Trinajstić information content (AvgIpc) is 3.03. The first-order valence-electron chi connectivity index (χ1n) is 11.1. The number of ether oxygens (including phenoxy) is 1. The topological polar surface area (TPSA) is 70.1 Å². The molecule has 6 nitrogen and oxygen atoms in total. The maximum atomic E-state index is 13.2. The molecule has 1 saturated heterocycles. The number of hydrogen-bond donors (Lipinski definition) is 1. The highest BCUT2D eigenvalue weighted by Crippen LogP contribution is 2.42. The van der Waals surface area contributed by atoms with Crippen molar-refractivity contribution >= 4 is 40.7 Å². The summed E-state index contributed by atoms with van der Waals surface area (Å²) in [5, 5.41) is 11.6. The smallest absolute Gasteiger partial charge is 0.295 e. The van der Waals surface area contributed by atoms with Gasteiger partial charge >= 0.3 is 0 Å². The van der Waals surface area contributed by atoms with Gasteiger partial charge in [-0.3, -0.25) is 9.59 Å². The number of amides is 1. The van der Waals surface area contributed by atoms with Gasteiger partial charge in [0.1, 0.15) is 5.76 Å². The molecule has 3 rings (SSSR count). The van der Waals surface area contributed by atoms with Crippen molar-refractivity contribution in [2.75, 3.05) is 34.3 Å². The number of benzene rings is 2. The van der Waals surface area contributed by atoms with Gasteiger partial charge in [0.2, 0.25) is 0 Å². The summed E-state index contributed by atoms with van der Waals surface area (Å²) < 4.78 is 5.18. The van der Waals surface area contributed by atoms with Gasteiger partial charge in [0.15, 0.2) is 5.75 Å². The number of aliphatic hydroxyl groups is 1. The third-order valence-corrected chi connectivity index (χ3v) is 6.50. The fourth-order valence-corrected chi connectivity index (χ4v) is 4.77. The largest absolute Gasteiger partial charge is 0.507 e. The van der Waals surface area contributed by atoms with Crippen LogP contribution in [-0.4, -0.2) is 60.9 Å². The quantitative estimate of drug-likeness (QED) is 0.292. The van der Waals surface area contributed by atoms with Gasteiger partial charge in [0, 0.05) is 12.1 Å². The molecule has 1 unspecified atom stereocenters. The number of hydrogen-bond acceptors (Lipinski definition) is 5. The second-order valence-electron chi connectivity index (χ2n) is 8.94. The normalized spacial score (nSPS) is 17.8. The molecule has 0 saturated carbocycles. The van der Waals surface area contributed by atoms with E-state index < -0.39 is 17.7 Å². The van der Waals surface area contributed by atoms with Crippen LogP contribution in [0.2, 0.25) is 10.0 Å². The third kappa shape index (κ3) is 5.24. The minimum Gasteiger partial charge on any atom is -0.507 e. The van der Waals surface area contributed by atoms with Crippen LogP contribution in [0.3, 0.4) is 0 Å². The molecule has 1 fully saturated rings. The van der Waals surface area contributed by atoms with E-state index >= 15 is 0 Å². The van der Waals surface area contributed by atoms with Gasteiger partial charge in [-0.2, -0.15) is 0 Å². The zero-order chi connectivity index (χ0) is 25.2. The lowest BCUT2D eigenvalue weighted by Crippen LogP contribution is -2.32. The minimum absolute atomic E-state index is 0.0180. The predicted octanol–water partition coefficient (Wildman–Crippen LogP) is 5.50. The van der Waals surface area contributed by atoms with Crippen molar-refractivity contribution < 1.29 is 19.4 Å². The van der Waals surface area contributed by atoms with Crippen LogP contribution < -0.4 is 4.74 Å². The molecular formula is C26H30Cl2N2O4. The Morgan fingerprint density at radius 2 is 1.71 bits per heavy atom. The molecular weight excluding hydrogens is 475 g/mol. The van der Waals surface area contributed by atoms with E-state index in [-0.39, 0.29) is 32.7 Å². The third-order valence-electron chi connectivity index (χ3n) is 5.94. The van der Waals surface area contributed by atoms with Crippen LogP contribution in [0.25, 0.3) is 5.76 Å². The first-order chi connectivity index (χ1) is 16.1. The lowest BCUT2D eigenvalue weighted by molar-refractivity contribution is -0.139. The molecule has 0 aromatic heterocycles. The molecule has 182 valence electrons. The van der Waals surface area contributed by atoms with Crippen LogP contribution in [0, 0.1) is 0 Å². The number of likely N-dealkylation sites (tertiary alicyclic amines) is 1. The molecule has 8 heteroatoms. The van der Waals surface area contributed by atoms with Gasteiger partial charge < -0.3 is 19.6 Å². The van der Waals surface area contributed by atoms with E-state index in [1.165, 1.54) is 24.1 Å². The summed E-state index contributed by atoms with van der Waals surface area (Å²) in [6.45, 7) is 5.32. The average molecular weight is 505 g/mol. The summed E-state index contributed by atoms with van der Waals surface area (Å²) in [6, 6.07) is 10.0. The van der Waals surface area contributed by atoms with E-state index in [9.17, 15) is 14.7 Å². The van der Waals surface area contributed by atoms with Gasteiger partial charge in [-0.15, -0.1) is 0 Å². The van der Waals surface area contributed by atoms with E-state index in [1.807, 2.05) is 43.3 Å². The van der Waals surface area contributed by atoms with Crippen LogP contribution in [0.1, 0.15) is 48.9 Å². The number of methoxy groups -OCH3 is 1. The second kappa shape index (κ2) is 10.8. The summed E-state index contributed by atoms with van der Waals surface area (Å²) in [4.78, 5) is 29.8. The monoisotopic (exact) mass is 504 g/mol. The van der Waals surface area contributed by atoms with Crippen molar-refractivity contribution in [2.24, 2.45) is 0 Å². The Balaban J connectivity index is 2.14. The summed E-state index contributed by atoms with van der Waals surface area (Å²) in [5.74, 6) is -1.08. The van der Waals surface area contributed by atoms with Crippen molar-refractivity contribution in [1.82, 2.24) is 9.80 Å². The molecule has 2 aromatic carbocycles. The predicted molar refractivity (Wildman–Crippen MR) is 136 cm³/mol. The molecule has 0 radical (unpaired) electrons. The van der Waals surface area contributed by atoms with Crippen LogP contribution in [0.5, 0.6) is 5.75 Å². The lowest BCUT2D eigenvalue weighted by atomic mass is 9.93. The summed E-state index contributed by atoms with van der Waals surface area (Å²) in [6.07, 6.45) is 0.681. The first kappa shape index (κ1) is 26.1. The van der Waals surface area contributed by atoms with E-state index in [1.54, 1.807) is 0 Å². The van der Waals surface area contributed by atoms with E-state index in [2.05, 4.69) is 13.8 Å². The summed E-state index contributed by atoms with van der Waals surface area (Å²) >= 11 is 12.5. The molecule has 1 heterocycles. The highest BCUT2D eigenvalue weighted by atomic mass is 35.5.